The van der Waals surface area contributed by atoms with Gasteiger partial charge < -0.3 is 30.3 Å². The van der Waals surface area contributed by atoms with E-state index in [0.29, 0.717) is 0 Å². The van der Waals surface area contributed by atoms with E-state index in [1.807, 2.05) is 13.8 Å². The van der Waals surface area contributed by atoms with Crippen molar-refractivity contribution in [2.75, 3.05) is 0 Å². The highest BCUT2D eigenvalue weighted by molar-refractivity contribution is 6.06. The van der Waals surface area contributed by atoms with Crippen molar-refractivity contribution in [1.82, 2.24) is 0 Å². The van der Waals surface area contributed by atoms with Gasteiger partial charge in [0.1, 0.15) is 34.3 Å². The molecule has 7 nitrogen and oxygen atoms in total. The van der Waals surface area contributed by atoms with Gasteiger partial charge in [0, 0.05) is 23.3 Å². The van der Waals surface area contributed by atoms with Crippen molar-refractivity contribution >= 4 is 5.78 Å². The van der Waals surface area contributed by atoms with Gasteiger partial charge in [0.05, 0.1) is 0 Å². The first-order valence-electron chi connectivity index (χ1n) is 8.32. The number of benzene rings is 2. The van der Waals surface area contributed by atoms with Crippen LogP contribution in [-0.4, -0.2) is 37.4 Å². The molecule has 2 aromatic rings. The lowest BCUT2D eigenvalue weighted by Crippen LogP contribution is -2.36. The average molecular weight is 372 g/mol. The van der Waals surface area contributed by atoms with Crippen molar-refractivity contribution in [1.29, 1.82) is 0 Å². The van der Waals surface area contributed by atoms with Crippen molar-refractivity contribution in [2.45, 2.75) is 32.5 Å². The van der Waals surface area contributed by atoms with Gasteiger partial charge in [-0.15, -0.1) is 0 Å². The Hall–Kier alpha value is -3.19. The quantitative estimate of drug-likeness (QED) is 0.524. The summed E-state index contributed by atoms with van der Waals surface area (Å²) < 4.78 is 5.62. The number of carbonyl (C=O) groups excluding carboxylic acids is 1. The third kappa shape index (κ3) is 3.29. The fourth-order valence-electron chi connectivity index (χ4n) is 3.00. The standard InChI is InChI=1S/C20H20O7/c1-9(2)3-5-11-14(23)8-15-16(17(11)24)18(25)19(26)20(27-15)12-6-4-10(21)7-13(12)22/h3-4,6-8,19-24,26H,5H2,1-2H3/t19-,20+/m0/s1. The van der Waals surface area contributed by atoms with Crippen LogP contribution in [0.2, 0.25) is 0 Å². The Morgan fingerprint density at radius 3 is 2.44 bits per heavy atom. The van der Waals surface area contributed by atoms with E-state index in [1.54, 1.807) is 6.08 Å². The van der Waals surface area contributed by atoms with Gasteiger partial charge in [-0.05, 0) is 32.4 Å². The molecule has 0 aromatic heterocycles. The molecule has 142 valence electrons. The molecule has 5 N–H and O–H groups in total. The molecule has 0 amide bonds. The number of aromatic hydroxyl groups is 4. The van der Waals surface area contributed by atoms with Crippen LogP contribution in [0.15, 0.2) is 35.9 Å². The first-order chi connectivity index (χ1) is 12.7. The molecular formula is C20H20O7. The number of rotatable bonds is 3. The van der Waals surface area contributed by atoms with Gasteiger partial charge in [-0.2, -0.15) is 0 Å². The second-order valence-electron chi connectivity index (χ2n) is 6.67. The molecule has 1 heterocycles. The maximum atomic E-state index is 12.7. The summed E-state index contributed by atoms with van der Waals surface area (Å²) >= 11 is 0. The first kappa shape index (κ1) is 18.6. The fraction of sp³-hybridized carbons (Fsp3) is 0.250. The highest BCUT2D eigenvalue weighted by Gasteiger charge is 2.41. The molecule has 7 heteroatoms. The molecule has 27 heavy (non-hydrogen) atoms. The lowest BCUT2D eigenvalue weighted by Gasteiger charge is -2.31. The largest absolute Gasteiger partial charge is 0.508 e. The van der Waals surface area contributed by atoms with Gasteiger partial charge in [0.2, 0.25) is 5.78 Å². The number of hydrogen-bond donors (Lipinski definition) is 5. The molecule has 0 radical (unpaired) electrons. The summed E-state index contributed by atoms with van der Waals surface area (Å²) in [6, 6.07) is 4.86. The Labute approximate surface area is 155 Å². The predicted molar refractivity (Wildman–Crippen MR) is 96.4 cm³/mol. The molecule has 0 saturated carbocycles. The molecule has 0 spiro atoms. The predicted octanol–water partition coefficient (Wildman–Crippen LogP) is 2.70. The number of carbonyl (C=O) groups is 1. The highest BCUT2D eigenvalue weighted by Crippen LogP contribution is 2.46. The zero-order valence-electron chi connectivity index (χ0n) is 14.8. The summed E-state index contributed by atoms with van der Waals surface area (Å²) in [5.74, 6) is -2.12. The average Bonchev–Trinajstić information content (AvgIpc) is 2.57. The smallest absolute Gasteiger partial charge is 0.202 e. The Morgan fingerprint density at radius 2 is 1.81 bits per heavy atom. The van der Waals surface area contributed by atoms with Gasteiger partial charge in [0.15, 0.2) is 12.2 Å². The van der Waals surface area contributed by atoms with E-state index in [0.717, 1.165) is 11.6 Å². The number of fused-ring (bicyclic) bond motifs is 1. The van der Waals surface area contributed by atoms with Gasteiger partial charge >= 0.3 is 0 Å². The van der Waals surface area contributed by atoms with Crippen LogP contribution in [0, 0.1) is 0 Å². The van der Waals surface area contributed by atoms with E-state index in [4.69, 9.17) is 4.74 Å². The van der Waals surface area contributed by atoms with Crippen LogP contribution < -0.4 is 4.74 Å². The number of Topliss-reactive ketones (excluding diaryl/α,β-unsaturated/α-hetero) is 1. The second kappa shape index (κ2) is 6.85. The van der Waals surface area contributed by atoms with E-state index < -0.39 is 23.7 Å². The summed E-state index contributed by atoms with van der Waals surface area (Å²) in [7, 11) is 0. The molecule has 0 fully saturated rings. The Bertz CT molecular complexity index is 942. The summed E-state index contributed by atoms with van der Waals surface area (Å²) in [5.41, 5.74) is 1.00. The van der Waals surface area contributed by atoms with E-state index in [1.165, 1.54) is 18.2 Å². The molecule has 1 aliphatic rings. The zero-order valence-corrected chi connectivity index (χ0v) is 14.8. The number of ether oxygens (including phenoxy) is 1. The molecule has 3 rings (SSSR count). The first-order valence-corrected chi connectivity index (χ1v) is 8.32. The fourth-order valence-corrected chi connectivity index (χ4v) is 3.00. The van der Waals surface area contributed by atoms with E-state index in [-0.39, 0.29) is 46.1 Å². The van der Waals surface area contributed by atoms with Crippen molar-refractivity contribution in [3.63, 3.8) is 0 Å². The minimum atomic E-state index is -1.68. The number of phenolic OH excluding ortho intramolecular Hbond substituents is 4. The third-order valence-corrected chi connectivity index (χ3v) is 4.44. The Morgan fingerprint density at radius 1 is 1.11 bits per heavy atom. The van der Waals surface area contributed by atoms with Crippen LogP contribution in [0.4, 0.5) is 0 Å². The van der Waals surface area contributed by atoms with E-state index >= 15 is 0 Å². The molecule has 1 aliphatic heterocycles. The summed E-state index contributed by atoms with van der Waals surface area (Å²) in [6.45, 7) is 3.72. The third-order valence-electron chi connectivity index (χ3n) is 4.44. The van der Waals surface area contributed by atoms with Crippen molar-refractivity contribution in [3.05, 3.63) is 52.6 Å². The van der Waals surface area contributed by atoms with Crippen LogP contribution in [0.3, 0.4) is 0 Å². The molecule has 2 atom stereocenters. The van der Waals surface area contributed by atoms with Crippen LogP contribution in [-0.2, 0) is 6.42 Å². The number of phenols is 4. The number of aliphatic hydroxyl groups is 1. The van der Waals surface area contributed by atoms with E-state index in [2.05, 4.69) is 0 Å². The lowest BCUT2D eigenvalue weighted by atomic mass is 9.90. The van der Waals surface area contributed by atoms with Gasteiger partial charge in [0.25, 0.3) is 0 Å². The Kier molecular flexibility index (Phi) is 4.72. The zero-order chi connectivity index (χ0) is 19.9. The maximum absolute atomic E-state index is 12.7. The van der Waals surface area contributed by atoms with Crippen LogP contribution in [0.25, 0.3) is 0 Å². The monoisotopic (exact) mass is 372 g/mol. The number of ketones is 1. The number of allylic oxidation sites excluding steroid dienone is 2. The minimum absolute atomic E-state index is 0.0897. The minimum Gasteiger partial charge on any atom is -0.508 e. The highest BCUT2D eigenvalue weighted by atomic mass is 16.5. The van der Waals surface area contributed by atoms with Crippen LogP contribution >= 0.6 is 0 Å². The van der Waals surface area contributed by atoms with E-state index in [9.17, 15) is 30.3 Å². The van der Waals surface area contributed by atoms with Crippen LogP contribution in [0.5, 0.6) is 28.7 Å². The SMILES string of the molecule is CC(C)=CCc1c(O)cc2c(c1O)C(=O)[C@H](O)[C@@H](c1ccc(O)cc1O)O2. The summed E-state index contributed by atoms with van der Waals surface area (Å²) in [6.07, 6.45) is -0.949. The lowest BCUT2D eigenvalue weighted by molar-refractivity contribution is 0.0202. The molecular weight excluding hydrogens is 352 g/mol. The van der Waals surface area contributed by atoms with Crippen molar-refractivity contribution < 1.29 is 35.1 Å². The molecule has 2 aromatic carbocycles. The molecule has 0 aliphatic carbocycles. The molecule has 0 saturated heterocycles. The Balaban J connectivity index is 2.08. The van der Waals surface area contributed by atoms with Crippen molar-refractivity contribution in [3.8, 4) is 28.7 Å². The molecule has 0 unspecified atom stereocenters. The molecule has 0 bridgehead atoms. The summed E-state index contributed by atoms with van der Waals surface area (Å²) in [5, 5.41) is 50.5. The second-order valence-corrected chi connectivity index (χ2v) is 6.67. The number of aliphatic hydroxyl groups excluding tert-OH is 1. The van der Waals surface area contributed by atoms with Crippen molar-refractivity contribution in [2.24, 2.45) is 0 Å². The normalized spacial score (nSPS) is 18.6. The summed E-state index contributed by atoms with van der Waals surface area (Å²) in [4.78, 5) is 12.7. The van der Waals surface area contributed by atoms with Gasteiger partial charge in [-0.3, -0.25) is 4.79 Å². The van der Waals surface area contributed by atoms with Crippen LogP contribution in [0.1, 0.15) is 41.4 Å². The van der Waals surface area contributed by atoms with Gasteiger partial charge in [-0.1, -0.05) is 11.6 Å². The van der Waals surface area contributed by atoms with Gasteiger partial charge in [-0.25, -0.2) is 0 Å². The number of hydrogen-bond acceptors (Lipinski definition) is 7. The maximum Gasteiger partial charge on any atom is 0.202 e. The topological polar surface area (TPSA) is 127 Å².